The maximum absolute atomic E-state index is 14.4. The topological polar surface area (TPSA) is 24.9 Å². The van der Waals surface area contributed by atoms with Crippen molar-refractivity contribution in [2.45, 2.75) is 19.4 Å². The Hall–Kier alpha value is -0.970. The molecule has 0 bridgehead atoms. The number of nitrogens with one attached hydrogen (secondary N) is 1. The highest BCUT2D eigenvalue weighted by molar-refractivity contribution is 9.10. The number of aryl methyl sites for hydroxylation is 1. The van der Waals surface area contributed by atoms with E-state index in [1.807, 2.05) is 12.3 Å². The fraction of sp³-hybridized carbons (Fsp3) is 0.267. The molecule has 2 aromatic rings. The van der Waals surface area contributed by atoms with Gasteiger partial charge in [-0.25, -0.2) is 4.39 Å². The number of pyridine rings is 1. The lowest BCUT2D eigenvalue weighted by Crippen LogP contribution is -2.20. The molecule has 0 aliphatic heterocycles. The van der Waals surface area contributed by atoms with Gasteiger partial charge >= 0.3 is 0 Å². The van der Waals surface area contributed by atoms with Crippen molar-refractivity contribution < 1.29 is 4.39 Å². The summed E-state index contributed by atoms with van der Waals surface area (Å²) in [5, 5.41) is 3.26. The Morgan fingerprint density at radius 3 is 2.75 bits per heavy atom. The number of hydrogen-bond acceptors (Lipinski definition) is 2. The van der Waals surface area contributed by atoms with E-state index in [0.29, 0.717) is 10.0 Å². The van der Waals surface area contributed by atoms with Crippen molar-refractivity contribution in [3.05, 3.63) is 62.6 Å². The molecule has 0 fully saturated rings. The van der Waals surface area contributed by atoms with Crippen molar-refractivity contribution >= 4 is 27.5 Å². The van der Waals surface area contributed by atoms with Gasteiger partial charge in [-0.2, -0.15) is 0 Å². The molecule has 0 aliphatic rings. The van der Waals surface area contributed by atoms with Gasteiger partial charge in [0, 0.05) is 22.4 Å². The second-order valence-electron chi connectivity index (χ2n) is 4.41. The molecule has 1 atom stereocenters. The lowest BCUT2D eigenvalue weighted by Gasteiger charge is -2.21. The lowest BCUT2D eigenvalue weighted by molar-refractivity contribution is 0.574. The van der Waals surface area contributed by atoms with E-state index in [0.717, 1.165) is 17.5 Å². The quantitative estimate of drug-likeness (QED) is 0.815. The summed E-state index contributed by atoms with van der Waals surface area (Å²) >= 11 is 9.22. The highest BCUT2D eigenvalue weighted by Crippen LogP contribution is 2.33. The summed E-state index contributed by atoms with van der Waals surface area (Å²) in [6.07, 6.45) is 4.38. The molecule has 0 amide bonds. The average molecular weight is 358 g/mol. The molecule has 1 aromatic carbocycles. The Morgan fingerprint density at radius 1 is 1.35 bits per heavy atom. The van der Waals surface area contributed by atoms with Crippen LogP contribution in [0.3, 0.4) is 0 Å². The smallest absolute Gasteiger partial charge is 0.148 e. The third kappa shape index (κ3) is 2.87. The Labute approximate surface area is 131 Å². The van der Waals surface area contributed by atoms with Crippen LogP contribution in [-0.2, 0) is 6.42 Å². The standard InChI is InChI=1S/C15H15BrClFN2/c1-3-9-8-20-7-6-10(9)15(19-2)11-4-5-12(16)13(17)14(11)18/h4-8,15,19H,3H2,1-2H3. The van der Waals surface area contributed by atoms with Gasteiger partial charge in [-0.1, -0.05) is 24.6 Å². The fourth-order valence-corrected chi connectivity index (χ4v) is 2.74. The first kappa shape index (κ1) is 15.4. The molecule has 2 nitrogen and oxygen atoms in total. The van der Waals surface area contributed by atoms with Crippen molar-refractivity contribution in [2.75, 3.05) is 7.05 Å². The molecule has 1 aromatic heterocycles. The van der Waals surface area contributed by atoms with E-state index in [-0.39, 0.29) is 11.1 Å². The summed E-state index contributed by atoms with van der Waals surface area (Å²) in [5.74, 6) is -0.403. The van der Waals surface area contributed by atoms with Crippen LogP contribution in [0.25, 0.3) is 0 Å². The third-order valence-corrected chi connectivity index (χ3v) is 4.56. The Morgan fingerprint density at radius 2 is 2.10 bits per heavy atom. The molecule has 1 unspecified atom stereocenters. The molecule has 106 valence electrons. The number of hydrogen-bond donors (Lipinski definition) is 1. The van der Waals surface area contributed by atoms with E-state index < -0.39 is 5.82 Å². The molecule has 2 rings (SSSR count). The average Bonchev–Trinajstić information content (AvgIpc) is 2.48. The predicted octanol–water partition coefficient (Wildman–Crippen LogP) is 4.51. The van der Waals surface area contributed by atoms with E-state index in [1.54, 1.807) is 25.4 Å². The highest BCUT2D eigenvalue weighted by Gasteiger charge is 2.21. The normalized spacial score (nSPS) is 12.4. The minimum absolute atomic E-state index is 0.106. The lowest BCUT2D eigenvalue weighted by atomic mass is 9.94. The van der Waals surface area contributed by atoms with Crippen LogP contribution in [0.5, 0.6) is 0 Å². The molecule has 1 heterocycles. The molecular weight excluding hydrogens is 343 g/mol. The molecule has 5 heteroatoms. The Bertz CT molecular complexity index is 619. The van der Waals surface area contributed by atoms with Gasteiger partial charge in [0.05, 0.1) is 11.1 Å². The molecule has 20 heavy (non-hydrogen) atoms. The monoisotopic (exact) mass is 356 g/mol. The Kier molecular flexibility index (Phi) is 5.13. The zero-order chi connectivity index (χ0) is 14.7. The number of nitrogens with zero attached hydrogens (tertiary/aromatic N) is 1. The second kappa shape index (κ2) is 6.66. The zero-order valence-corrected chi connectivity index (χ0v) is 13.6. The van der Waals surface area contributed by atoms with Crippen LogP contribution in [0.4, 0.5) is 4.39 Å². The van der Waals surface area contributed by atoms with Crippen LogP contribution in [0, 0.1) is 5.82 Å². The summed E-state index contributed by atoms with van der Waals surface area (Å²) < 4.78 is 15.0. The van der Waals surface area contributed by atoms with Crippen molar-refractivity contribution in [1.29, 1.82) is 0 Å². The van der Waals surface area contributed by atoms with Gasteiger partial charge in [0.2, 0.25) is 0 Å². The number of halogens is 3. The molecule has 0 aliphatic carbocycles. The van der Waals surface area contributed by atoms with E-state index in [2.05, 4.69) is 33.2 Å². The number of benzene rings is 1. The highest BCUT2D eigenvalue weighted by atomic mass is 79.9. The van der Waals surface area contributed by atoms with Crippen molar-refractivity contribution in [1.82, 2.24) is 10.3 Å². The maximum atomic E-state index is 14.4. The number of aromatic nitrogens is 1. The van der Waals surface area contributed by atoms with Crippen LogP contribution < -0.4 is 5.32 Å². The van der Waals surface area contributed by atoms with Gasteiger partial charge in [0.15, 0.2) is 0 Å². The summed E-state index contributed by atoms with van der Waals surface area (Å²) in [5.41, 5.74) is 2.63. The summed E-state index contributed by atoms with van der Waals surface area (Å²) in [6, 6.07) is 5.16. The molecule has 0 saturated carbocycles. The first-order chi connectivity index (χ1) is 9.60. The summed E-state index contributed by atoms with van der Waals surface area (Å²) in [4.78, 5) is 4.13. The van der Waals surface area contributed by atoms with Crippen LogP contribution in [0.2, 0.25) is 5.02 Å². The zero-order valence-electron chi connectivity index (χ0n) is 11.3. The van der Waals surface area contributed by atoms with Gasteiger partial charge in [-0.15, -0.1) is 0 Å². The van der Waals surface area contributed by atoms with Crippen LogP contribution in [0.15, 0.2) is 35.1 Å². The van der Waals surface area contributed by atoms with Crippen molar-refractivity contribution in [2.24, 2.45) is 0 Å². The summed E-state index contributed by atoms with van der Waals surface area (Å²) in [6.45, 7) is 2.05. The van der Waals surface area contributed by atoms with E-state index in [1.165, 1.54) is 0 Å². The number of rotatable bonds is 4. The van der Waals surface area contributed by atoms with Gasteiger partial charge in [-0.05, 0) is 52.7 Å². The molecule has 1 N–H and O–H groups in total. The van der Waals surface area contributed by atoms with E-state index in [9.17, 15) is 4.39 Å². The first-order valence-electron chi connectivity index (χ1n) is 6.33. The van der Waals surface area contributed by atoms with Gasteiger partial charge in [0.25, 0.3) is 0 Å². The predicted molar refractivity (Wildman–Crippen MR) is 83.6 cm³/mol. The molecular formula is C15H15BrClFN2. The van der Waals surface area contributed by atoms with Gasteiger partial charge in [-0.3, -0.25) is 4.98 Å². The minimum Gasteiger partial charge on any atom is -0.309 e. The fourth-order valence-electron chi connectivity index (χ4n) is 2.26. The minimum atomic E-state index is -0.403. The third-order valence-electron chi connectivity index (χ3n) is 3.30. The van der Waals surface area contributed by atoms with Crippen LogP contribution in [0.1, 0.15) is 29.7 Å². The Balaban J connectivity index is 2.56. The van der Waals surface area contributed by atoms with Crippen molar-refractivity contribution in [3.8, 4) is 0 Å². The SMILES string of the molecule is CCc1cnccc1C(NC)c1ccc(Br)c(Cl)c1F. The van der Waals surface area contributed by atoms with E-state index >= 15 is 0 Å². The van der Waals surface area contributed by atoms with Crippen LogP contribution in [-0.4, -0.2) is 12.0 Å². The maximum Gasteiger partial charge on any atom is 0.148 e. The van der Waals surface area contributed by atoms with Crippen LogP contribution >= 0.6 is 27.5 Å². The van der Waals surface area contributed by atoms with Crippen molar-refractivity contribution in [3.63, 3.8) is 0 Å². The molecule has 0 saturated heterocycles. The molecule has 0 spiro atoms. The first-order valence-corrected chi connectivity index (χ1v) is 7.50. The molecule has 0 radical (unpaired) electrons. The van der Waals surface area contributed by atoms with Gasteiger partial charge < -0.3 is 5.32 Å². The summed E-state index contributed by atoms with van der Waals surface area (Å²) in [7, 11) is 1.81. The van der Waals surface area contributed by atoms with E-state index in [4.69, 9.17) is 11.6 Å². The van der Waals surface area contributed by atoms with Gasteiger partial charge in [0.1, 0.15) is 5.82 Å². The second-order valence-corrected chi connectivity index (χ2v) is 5.65. The largest absolute Gasteiger partial charge is 0.309 e.